The van der Waals surface area contributed by atoms with E-state index >= 15 is 0 Å². The molecule has 0 aliphatic heterocycles. The van der Waals surface area contributed by atoms with Gasteiger partial charge in [-0.05, 0) is 23.3 Å². The van der Waals surface area contributed by atoms with Gasteiger partial charge in [0, 0.05) is 23.4 Å². The molecule has 1 aromatic rings. The van der Waals surface area contributed by atoms with Crippen LogP contribution in [-0.2, 0) is 9.53 Å². The first-order valence-electron chi connectivity index (χ1n) is 5.45. The first kappa shape index (κ1) is 10.0. The average molecular weight is 225 g/mol. The minimum Gasteiger partial charge on any atom is -0.466 e. The van der Waals surface area contributed by atoms with Crippen molar-refractivity contribution in [3.8, 4) is 0 Å². The van der Waals surface area contributed by atoms with E-state index in [2.05, 4.69) is 11.1 Å². The first-order chi connectivity index (χ1) is 8.29. The van der Waals surface area contributed by atoms with Crippen LogP contribution >= 0.6 is 0 Å². The van der Waals surface area contributed by atoms with Crippen LogP contribution in [0.1, 0.15) is 6.42 Å². The molecule has 2 aliphatic rings. The Balaban J connectivity index is 2.15. The predicted octanol–water partition coefficient (Wildman–Crippen LogP) is 0.456. The number of hydrogen-bond donors (Lipinski definition) is 0. The number of pyridine rings is 1. The molecule has 0 atom stereocenters. The summed E-state index contributed by atoms with van der Waals surface area (Å²) in [6.45, 7) is 0. The van der Waals surface area contributed by atoms with E-state index in [9.17, 15) is 4.79 Å². The maximum atomic E-state index is 11.5. The number of fused-ring (bicyclic) bond motifs is 2. The predicted molar refractivity (Wildman–Crippen MR) is 64.2 cm³/mol. The summed E-state index contributed by atoms with van der Waals surface area (Å²) in [5.74, 6) is -0.259. The molecule has 3 heteroatoms. The summed E-state index contributed by atoms with van der Waals surface area (Å²) in [6.07, 6.45) is 8.23. The summed E-state index contributed by atoms with van der Waals surface area (Å²) >= 11 is 0. The summed E-state index contributed by atoms with van der Waals surface area (Å²) in [5, 5.41) is 2.10. The number of rotatable bonds is 1. The molecule has 0 bridgehead atoms. The minimum absolute atomic E-state index is 0.259. The Morgan fingerprint density at radius 1 is 1.41 bits per heavy atom. The number of nitrogens with zero attached hydrogens (tertiary/aromatic N) is 1. The average Bonchev–Trinajstić information content (AvgIpc) is 2.75. The van der Waals surface area contributed by atoms with Crippen LogP contribution in [0.25, 0.3) is 11.6 Å². The van der Waals surface area contributed by atoms with Crippen molar-refractivity contribution in [2.45, 2.75) is 6.42 Å². The van der Waals surface area contributed by atoms with E-state index in [1.54, 1.807) is 6.20 Å². The van der Waals surface area contributed by atoms with E-state index in [0.717, 1.165) is 21.7 Å². The van der Waals surface area contributed by atoms with Crippen LogP contribution in [-0.4, -0.2) is 18.1 Å². The van der Waals surface area contributed by atoms with E-state index < -0.39 is 0 Å². The summed E-state index contributed by atoms with van der Waals surface area (Å²) in [7, 11) is 1.41. The molecule has 0 unspecified atom stereocenters. The van der Waals surface area contributed by atoms with E-state index in [-0.39, 0.29) is 5.97 Å². The highest BCUT2D eigenvalue weighted by Gasteiger charge is 2.20. The van der Waals surface area contributed by atoms with Crippen LogP contribution in [0, 0.1) is 0 Å². The van der Waals surface area contributed by atoms with Gasteiger partial charge in [-0.1, -0.05) is 18.2 Å². The zero-order chi connectivity index (χ0) is 11.8. The Kier molecular flexibility index (Phi) is 2.18. The lowest BCUT2D eigenvalue weighted by Gasteiger charge is -2.12. The Morgan fingerprint density at radius 2 is 2.29 bits per heavy atom. The topological polar surface area (TPSA) is 39.2 Å². The third kappa shape index (κ3) is 1.51. The number of hydrogen-bond acceptors (Lipinski definition) is 3. The fourth-order valence-corrected chi connectivity index (χ4v) is 2.23. The molecule has 0 radical (unpaired) electrons. The molecule has 0 aromatic carbocycles. The van der Waals surface area contributed by atoms with Gasteiger partial charge in [0.15, 0.2) is 0 Å². The standard InChI is InChI=1S/C14H11NO2/c1-17-14(16)10-5-4-9-8-13-11(12(9)7-10)3-2-6-15-13/h2-6,8H,7H2,1H3. The van der Waals surface area contributed by atoms with E-state index in [1.165, 1.54) is 7.11 Å². The normalized spacial score (nSPS) is 16.4. The first-order valence-corrected chi connectivity index (χ1v) is 5.45. The Morgan fingerprint density at radius 3 is 3.12 bits per heavy atom. The fraction of sp³-hybridized carbons (Fsp3) is 0.143. The maximum absolute atomic E-state index is 11.5. The van der Waals surface area contributed by atoms with Crippen LogP contribution in [0.5, 0.6) is 0 Å². The Bertz CT molecular complexity index is 680. The van der Waals surface area contributed by atoms with Crippen molar-refractivity contribution < 1.29 is 9.53 Å². The van der Waals surface area contributed by atoms with Crippen molar-refractivity contribution in [2.24, 2.45) is 0 Å². The Labute approximate surface area is 98.4 Å². The van der Waals surface area contributed by atoms with Gasteiger partial charge in [-0.25, -0.2) is 4.79 Å². The number of allylic oxidation sites excluding steroid dienone is 3. The van der Waals surface area contributed by atoms with Gasteiger partial charge in [0.2, 0.25) is 0 Å². The number of carbonyl (C=O) groups excluding carboxylic acids is 1. The molecule has 0 saturated heterocycles. The lowest BCUT2D eigenvalue weighted by Crippen LogP contribution is -2.26. The number of ether oxygens (including phenoxy) is 1. The van der Waals surface area contributed by atoms with Gasteiger partial charge in [-0.15, -0.1) is 0 Å². The fourth-order valence-electron chi connectivity index (χ4n) is 2.23. The van der Waals surface area contributed by atoms with Gasteiger partial charge in [0.05, 0.1) is 12.5 Å². The molecule has 1 heterocycles. The lowest BCUT2D eigenvalue weighted by atomic mass is 9.94. The molecule has 0 saturated carbocycles. The molecule has 2 aliphatic carbocycles. The van der Waals surface area contributed by atoms with Crippen LogP contribution in [0.4, 0.5) is 0 Å². The second-order valence-corrected chi connectivity index (χ2v) is 4.04. The van der Waals surface area contributed by atoms with Gasteiger partial charge in [0.25, 0.3) is 0 Å². The zero-order valence-electron chi connectivity index (χ0n) is 9.43. The van der Waals surface area contributed by atoms with Crippen LogP contribution in [0.15, 0.2) is 41.6 Å². The largest absolute Gasteiger partial charge is 0.466 e. The molecule has 84 valence electrons. The van der Waals surface area contributed by atoms with Crippen LogP contribution in [0.3, 0.4) is 0 Å². The van der Waals surface area contributed by atoms with Crippen LogP contribution < -0.4 is 10.6 Å². The van der Waals surface area contributed by atoms with Gasteiger partial charge in [-0.3, -0.25) is 4.98 Å². The minimum atomic E-state index is -0.259. The van der Waals surface area contributed by atoms with Crippen LogP contribution in [0.2, 0.25) is 0 Å². The van der Waals surface area contributed by atoms with Crippen molar-refractivity contribution in [3.05, 3.63) is 52.2 Å². The van der Waals surface area contributed by atoms with Crippen molar-refractivity contribution in [2.75, 3.05) is 7.11 Å². The van der Waals surface area contributed by atoms with Crippen molar-refractivity contribution >= 4 is 17.6 Å². The second kappa shape index (κ2) is 3.70. The highest BCUT2D eigenvalue weighted by atomic mass is 16.5. The third-order valence-electron chi connectivity index (χ3n) is 3.08. The molecule has 0 fully saturated rings. The zero-order valence-corrected chi connectivity index (χ0v) is 9.43. The number of aromatic nitrogens is 1. The molecule has 0 N–H and O–H groups in total. The van der Waals surface area contributed by atoms with E-state index in [0.29, 0.717) is 12.0 Å². The van der Waals surface area contributed by atoms with Crippen molar-refractivity contribution in [1.82, 2.24) is 4.98 Å². The van der Waals surface area contributed by atoms with E-state index in [1.807, 2.05) is 24.3 Å². The quantitative estimate of drug-likeness (QED) is 0.652. The summed E-state index contributed by atoms with van der Waals surface area (Å²) in [6, 6.07) is 3.95. The molecule has 0 spiro atoms. The van der Waals surface area contributed by atoms with Crippen molar-refractivity contribution in [3.63, 3.8) is 0 Å². The molecule has 17 heavy (non-hydrogen) atoms. The van der Waals surface area contributed by atoms with Gasteiger partial charge in [0.1, 0.15) is 0 Å². The molecule has 3 rings (SSSR count). The van der Waals surface area contributed by atoms with Gasteiger partial charge >= 0.3 is 5.97 Å². The maximum Gasteiger partial charge on any atom is 0.334 e. The molecular weight excluding hydrogens is 214 g/mol. The van der Waals surface area contributed by atoms with Gasteiger partial charge in [-0.2, -0.15) is 0 Å². The highest BCUT2D eigenvalue weighted by molar-refractivity contribution is 5.96. The highest BCUT2D eigenvalue weighted by Crippen LogP contribution is 2.27. The summed E-state index contributed by atoms with van der Waals surface area (Å²) < 4.78 is 4.75. The lowest BCUT2D eigenvalue weighted by molar-refractivity contribution is -0.136. The van der Waals surface area contributed by atoms with Crippen molar-refractivity contribution in [1.29, 1.82) is 0 Å². The molecule has 1 aromatic heterocycles. The monoisotopic (exact) mass is 225 g/mol. The number of esters is 1. The summed E-state index contributed by atoms with van der Waals surface area (Å²) in [5.41, 5.74) is 3.00. The second-order valence-electron chi connectivity index (χ2n) is 4.04. The molecular formula is C14H11NO2. The molecule has 3 nitrogen and oxygen atoms in total. The number of methoxy groups -OCH3 is 1. The SMILES string of the molecule is COC(=O)C1=CC=C2C=c3ncccc3=C2C1. The summed E-state index contributed by atoms with van der Waals surface area (Å²) in [4.78, 5) is 15.8. The smallest absolute Gasteiger partial charge is 0.334 e. The Hall–Kier alpha value is -2.16. The van der Waals surface area contributed by atoms with Gasteiger partial charge < -0.3 is 4.74 Å². The van der Waals surface area contributed by atoms with E-state index in [4.69, 9.17) is 4.74 Å². The number of carbonyl (C=O) groups is 1. The third-order valence-corrected chi connectivity index (χ3v) is 3.08. The molecule has 0 amide bonds.